The van der Waals surface area contributed by atoms with Crippen molar-refractivity contribution in [2.45, 2.75) is 6.92 Å². The highest BCUT2D eigenvalue weighted by atomic mass is 19.1. The first kappa shape index (κ1) is 11.5. The zero-order valence-electron chi connectivity index (χ0n) is 9.21. The Balaban J connectivity index is 2.63. The van der Waals surface area contributed by atoms with E-state index in [9.17, 15) is 13.6 Å². The molecule has 0 spiro atoms. The van der Waals surface area contributed by atoms with Gasteiger partial charge in [-0.15, -0.1) is 0 Å². The molecule has 2 rings (SSSR count). The number of benzene rings is 2. The molecule has 0 atom stereocenters. The summed E-state index contributed by atoms with van der Waals surface area (Å²) in [5.74, 6) is -0.856. The third-order valence-corrected chi connectivity index (χ3v) is 2.49. The Labute approximate surface area is 97.7 Å². The molecular weight excluding hydrogens is 222 g/mol. The maximum atomic E-state index is 13.3. The summed E-state index contributed by atoms with van der Waals surface area (Å²) < 4.78 is 26.2. The smallest absolute Gasteiger partial charge is 0.150 e. The van der Waals surface area contributed by atoms with Crippen LogP contribution >= 0.6 is 0 Å². The molecule has 1 nitrogen and oxygen atoms in total. The molecule has 0 radical (unpaired) electrons. The van der Waals surface area contributed by atoms with Crippen molar-refractivity contribution in [3.63, 3.8) is 0 Å². The number of aryl methyl sites for hydroxylation is 1. The van der Waals surface area contributed by atoms with E-state index in [-0.39, 0.29) is 11.4 Å². The van der Waals surface area contributed by atoms with E-state index in [4.69, 9.17) is 0 Å². The molecule has 0 N–H and O–H groups in total. The van der Waals surface area contributed by atoms with Gasteiger partial charge in [-0.05, 0) is 47.9 Å². The van der Waals surface area contributed by atoms with Crippen molar-refractivity contribution >= 4 is 6.29 Å². The topological polar surface area (TPSA) is 17.1 Å². The van der Waals surface area contributed by atoms with Crippen LogP contribution in [0.2, 0.25) is 0 Å². The summed E-state index contributed by atoms with van der Waals surface area (Å²) in [6.45, 7) is 1.76. The van der Waals surface area contributed by atoms with Crippen molar-refractivity contribution in [3.8, 4) is 11.1 Å². The molecule has 0 aromatic heterocycles. The molecule has 0 saturated carbocycles. The first-order chi connectivity index (χ1) is 8.10. The molecule has 3 heteroatoms. The van der Waals surface area contributed by atoms with Gasteiger partial charge in [0.05, 0.1) is 0 Å². The van der Waals surface area contributed by atoms with Crippen LogP contribution in [-0.4, -0.2) is 6.29 Å². The minimum atomic E-state index is -0.482. The van der Waals surface area contributed by atoms with Crippen LogP contribution in [0.4, 0.5) is 8.78 Å². The normalized spacial score (nSPS) is 10.3. The first-order valence-electron chi connectivity index (χ1n) is 5.12. The van der Waals surface area contributed by atoms with E-state index >= 15 is 0 Å². The summed E-state index contributed by atoms with van der Waals surface area (Å²) >= 11 is 0. The summed E-state index contributed by atoms with van der Waals surface area (Å²) in [6.07, 6.45) is 0.568. The van der Waals surface area contributed by atoms with E-state index in [1.54, 1.807) is 13.0 Å². The highest BCUT2D eigenvalue weighted by molar-refractivity contribution is 5.87. The average Bonchev–Trinajstić information content (AvgIpc) is 2.27. The van der Waals surface area contributed by atoms with Crippen LogP contribution in [0.15, 0.2) is 36.4 Å². The van der Waals surface area contributed by atoms with Crippen molar-refractivity contribution < 1.29 is 13.6 Å². The van der Waals surface area contributed by atoms with Crippen LogP contribution in [0.25, 0.3) is 11.1 Å². The van der Waals surface area contributed by atoms with Crippen molar-refractivity contribution in [3.05, 3.63) is 59.2 Å². The molecule has 0 aliphatic rings. The third-order valence-electron chi connectivity index (χ3n) is 2.49. The summed E-state index contributed by atoms with van der Waals surface area (Å²) in [6, 6.07) is 8.35. The largest absolute Gasteiger partial charge is 0.298 e. The Bertz CT molecular complexity index is 556. The fourth-order valence-electron chi connectivity index (χ4n) is 1.79. The van der Waals surface area contributed by atoms with E-state index in [1.807, 2.05) is 0 Å². The Morgan fingerprint density at radius 3 is 2.41 bits per heavy atom. The molecule has 2 aromatic rings. The molecule has 0 saturated heterocycles. The van der Waals surface area contributed by atoms with E-state index < -0.39 is 5.82 Å². The number of carbonyl (C=O) groups excluding carboxylic acids is 1. The quantitative estimate of drug-likeness (QED) is 0.720. The first-order valence-corrected chi connectivity index (χ1v) is 5.12. The van der Waals surface area contributed by atoms with E-state index in [0.29, 0.717) is 17.4 Å². The lowest BCUT2D eigenvalue weighted by Crippen LogP contribution is -1.91. The van der Waals surface area contributed by atoms with Gasteiger partial charge in [-0.3, -0.25) is 4.79 Å². The molecule has 2 aromatic carbocycles. The average molecular weight is 232 g/mol. The zero-order chi connectivity index (χ0) is 12.4. The minimum absolute atomic E-state index is 0.218. The highest BCUT2D eigenvalue weighted by Gasteiger charge is 2.07. The number of aldehydes is 1. The van der Waals surface area contributed by atoms with Gasteiger partial charge < -0.3 is 0 Å². The van der Waals surface area contributed by atoms with Gasteiger partial charge in [0.1, 0.15) is 11.6 Å². The second kappa shape index (κ2) is 4.45. The SMILES string of the molecule is Cc1cc(F)cc(-c2ccc(F)cc2C=O)c1. The van der Waals surface area contributed by atoms with Gasteiger partial charge in [-0.25, -0.2) is 8.78 Å². The van der Waals surface area contributed by atoms with Crippen LogP contribution in [0.1, 0.15) is 15.9 Å². The van der Waals surface area contributed by atoms with Crippen LogP contribution in [0, 0.1) is 18.6 Å². The van der Waals surface area contributed by atoms with Crippen molar-refractivity contribution in [1.29, 1.82) is 0 Å². The van der Waals surface area contributed by atoms with Gasteiger partial charge in [0.2, 0.25) is 0 Å². The molecular formula is C14H10F2O. The predicted molar refractivity (Wildman–Crippen MR) is 61.9 cm³/mol. The predicted octanol–water partition coefficient (Wildman–Crippen LogP) is 3.75. The molecule has 0 aliphatic heterocycles. The molecule has 0 aliphatic carbocycles. The van der Waals surface area contributed by atoms with Crippen molar-refractivity contribution in [2.75, 3.05) is 0 Å². The summed E-state index contributed by atoms with van der Waals surface area (Å²) in [5.41, 5.74) is 2.07. The Hall–Kier alpha value is -2.03. The van der Waals surface area contributed by atoms with Crippen molar-refractivity contribution in [2.24, 2.45) is 0 Å². The number of hydrogen-bond donors (Lipinski definition) is 0. The van der Waals surface area contributed by atoms with Gasteiger partial charge in [0, 0.05) is 5.56 Å². The second-order valence-corrected chi connectivity index (χ2v) is 3.87. The van der Waals surface area contributed by atoms with Gasteiger partial charge in [0.25, 0.3) is 0 Å². The van der Waals surface area contributed by atoms with Crippen LogP contribution in [0.3, 0.4) is 0 Å². The molecule has 0 heterocycles. The second-order valence-electron chi connectivity index (χ2n) is 3.87. The highest BCUT2D eigenvalue weighted by Crippen LogP contribution is 2.25. The van der Waals surface area contributed by atoms with Gasteiger partial charge in [-0.1, -0.05) is 12.1 Å². The fourth-order valence-corrected chi connectivity index (χ4v) is 1.79. The van der Waals surface area contributed by atoms with Crippen molar-refractivity contribution in [1.82, 2.24) is 0 Å². The van der Waals surface area contributed by atoms with Crippen LogP contribution < -0.4 is 0 Å². The summed E-state index contributed by atoms with van der Waals surface area (Å²) in [4.78, 5) is 10.9. The Kier molecular flexibility index (Phi) is 3.00. The molecule has 0 amide bonds. The number of hydrogen-bond acceptors (Lipinski definition) is 1. The number of rotatable bonds is 2. The molecule has 0 bridgehead atoms. The minimum Gasteiger partial charge on any atom is -0.298 e. The molecule has 17 heavy (non-hydrogen) atoms. The van der Waals surface area contributed by atoms with Crippen LogP contribution in [-0.2, 0) is 0 Å². The zero-order valence-corrected chi connectivity index (χ0v) is 9.21. The van der Waals surface area contributed by atoms with Gasteiger partial charge >= 0.3 is 0 Å². The summed E-state index contributed by atoms with van der Waals surface area (Å²) in [7, 11) is 0. The number of halogens is 2. The molecule has 0 fully saturated rings. The lowest BCUT2D eigenvalue weighted by Gasteiger charge is -2.06. The lowest BCUT2D eigenvalue weighted by molar-refractivity contribution is 0.112. The summed E-state index contributed by atoms with van der Waals surface area (Å²) in [5, 5.41) is 0. The van der Waals surface area contributed by atoms with E-state index in [1.165, 1.54) is 24.3 Å². The molecule has 86 valence electrons. The Morgan fingerprint density at radius 1 is 1.00 bits per heavy atom. The fraction of sp³-hybridized carbons (Fsp3) is 0.0714. The van der Waals surface area contributed by atoms with Gasteiger partial charge in [-0.2, -0.15) is 0 Å². The maximum Gasteiger partial charge on any atom is 0.150 e. The monoisotopic (exact) mass is 232 g/mol. The molecule has 0 unspecified atom stereocenters. The standard InChI is InChI=1S/C14H10F2O/c1-9-4-10(6-13(16)5-9)14-3-2-12(15)7-11(14)8-17/h2-8H,1H3. The number of carbonyl (C=O) groups is 1. The Morgan fingerprint density at radius 2 is 1.76 bits per heavy atom. The van der Waals surface area contributed by atoms with Crippen LogP contribution in [0.5, 0.6) is 0 Å². The maximum absolute atomic E-state index is 13.3. The van der Waals surface area contributed by atoms with E-state index in [2.05, 4.69) is 0 Å². The van der Waals surface area contributed by atoms with E-state index in [0.717, 1.165) is 11.6 Å². The van der Waals surface area contributed by atoms with Gasteiger partial charge in [0.15, 0.2) is 6.29 Å². The third kappa shape index (κ3) is 2.38. The lowest BCUT2D eigenvalue weighted by atomic mass is 9.99.